The molecule has 0 saturated heterocycles. The second kappa shape index (κ2) is 6.85. The summed E-state index contributed by atoms with van der Waals surface area (Å²) in [6.07, 6.45) is 3.77. The van der Waals surface area contributed by atoms with Gasteiger partial charge in [0.25, 0.3) is 0 Å². The Morgan fingerprint density at radius 2 is 2.15 bits per heavy atom. The number of unbranched alkanes of at least 4 members (excludes halogenated alkanes) is 1. The highest BCUT2D eigenvalue weighted by atomic mass is 35.5. The lowest BCUT2D eigenvalue weighted by Crippen LogP contribution is -2.10. The first kappa shape index (κ1) is 15.0. The van der Waals surface area contributed by atoms with Crippen molar-refractivity contribution >= 4 is 28.6 Å². The Hall–Kier alpha value is -1.40. The van der Waals surface area contributed by atoms with Crippen molar-refractivity contribution in [2.75, 3.05) is 18.4 Å². The number of anilines is 1. The Bertz CT molecular complexity index is 565. The summed E-state index contributed by atoms with van der Waals surface area (Å²) in [6.45, 7) is 6.63. The SMILES string of the molecule is CC(C)CNc1nc(Cl)nc2c1ncn2CCCCN. The molecular weight excluding hydrogens is 276 g/mol. The molecule has 0 fully saturated rings. The maximum Gasteiger partial charge on any atom is 0.226 e. The van der Waals surface area contributed by atoms with Gasteiger partial charge >= 0.3 is 0 Å². The van der Waals surface area contributed by atoms with Gasteiger partial charge in [0.15, 0.2) is 17.0 Å². The normalized spacial score (nSPS) is 11.4. The molecule has 0 spiro atoms. The van der Waals surface area contributed by atoms with Crippen LogP contribution in [0.1, 0.15) is 26.7 Å². The van der Waals surface area contributed by atoms with Crippen LogP contribution in [0, 0.1) is 5.92 Å². The molecule has 0 atom stereocenters. The van der Waals surface area contributed by atoms with E-state index in [4.69, 9.17) is 17.3 Å². The van der Waals surface area contributed by atoms with Gasteiger partial charge in [-0.3, -0.25) is 0 Å². The number of aryl methyl sites for hydroxylation is 1. The van der Waals surface area contributed by atoms with E-state index in [9.17, 15) is 0 Å². The van der Waals surface area contributed by atoms with E-state index in [2.05, 4.69) is 34.1 Å². The second-order valence-corrected chi connectivity index (χ2v) is 5.56. The number of hydrogen-bond donors (Lipinski definition) is 2. The van der Waals surface area contributed by atoms with Gasteiger partial charge in [-0.05, 0) is 36.9 Å². The van der Waals surface area contributed by atoms with Crippen LogP contribution >= 0.6 is 11.6 Å². The third-order valence-electron chi connectivity index (χ3n) is 2.97. The van der Waals surface area contributed by atoms with E-state index in [1.54, 1.807) is 6.33 Å². The number of imidazole rings is 1. The van der Waals surface area contributed by atoms with Gasteiger partial charge in [0.1, 0.15) is 0 Å². The summed E-state index contributed by atoms with van der Waals surface area (Å²) in [7, 11) is 0. The zero-order valence-electron chi connectivity index (χ0n) is 11.9. The Kier molecular flexibility index (Phi) is 5.14. The molecule has 0 aliphatic rings. The molecule has 2 heterocycles. The van der Waals surface area contributed by atoms with Crippen molar-refractivity contribution in [3.8, 4) is 0 Å². The second-order valence-electron chi connectivity index (χ2n) is 5.22. The molecule has 2 aromatic heterocycles. The molecule has 2 aromatic rings. The van der Waals surface area contributed by atoms with Gasteiger partial charge in [0, 0.05) is 13.1 Å². The van der Waals surface area contributed by atoms with Crippen molar-refractivity contribution in [2.24, 2.45) is 11.7 Å². The van der Waals surface area contributed by atoms with Crippen LogP contribution in [0.4, 0.5) is 5.82 Å². The number of nitrogens with zero attached hydrogens (tertiary/aromatic N) is 4. The average Bonchev–Trinajstić information content (AvgIpc) is 2.79. The van der Waals surface area contributed by atoms with Gasteiger partial charge in [-0.25, -0.2) is 4.98 Å². The van der Waals surface area contributed by atoms with Gasteiger partial charge < -0.3 is 15.6 Å². The van der Waals surface area contributed by atoms with Crippen molar-refractivity contribution in [1.29, 1.82) is 0 Å². The Morgan fingerprint density at radius 1 is 1.35 bits per heavy atom. The molecule has 20 heavy (non-hydrogen) atoms. The summed E-state index contributed by atoms with van der Waals surface area (Å²) in [5, 5.41) is 3.52. The van der Waals surface area contributed by atoms with Crippen LogP contribution in [0.3, 0.4) is 0 Å². The number of aromatic nitrogens is 4. The zero-order valence-corrected chi connectivity index (χ0v) is 12.7. The number of hydrogen-bond acceptors (Lipinski definition) is 5. The molecule has 6 nitrogen and oxygen atoms in total. The first-order valence-corrected chi connectivity index (χ1v) is 7.32. The highest BCUT2D eigenvalue weighted by Crippen LogP contribution is 2.21. The molecule has 0 aliphatic heterocycles. The Morgan fingerprint density at radius 3 is 2.85 bits per heavy atom. The van der Waals surface area contributed by atoms with Crippen LogP contribution < -0.4 is 11.1 Å². The van der Waals surface area contributed by atoms with E-state index in [0.717, 1.165) is 37.1 Å². The van der Waals surface area contributed by atoms with E-state index in [-0.39, 0.29) is 5.28 Å². The van der Waals surface area contributed by atoms with E-state index in [1.807, 2.05) is 4.57 Å². The van der Waals surface area contributed by atoms with Crippen LogP contribution in [0.2, 0.25) is 5.28 Å². The van der Waals surface area contributed by atoms with E-state index < -0.39 is 0 Å². The van der Waals surface area contributed by atoms with Crippen molar-refractivity contribution < 1.29 is 0 Å². The Balaban J connectivity index is 2.26. The largest absolute Gasteiger partial charge is 0.368 e. The van der Waals surface area contributed by atoms with Crippen LogP contribution in [-0.4, -0.2) is 32.6 Å². The predicted octanol–water partition coefficient (Wildman–Crippen LogP) is 2.29. The predicted molar refractivity (Wildman–Crippen MR) is 81.9 cm³/mol. The van der Waals surface area contributed by atoms with Crippen molar-refractivity contribution in [3.05, 3.63) is 11.6 Å². The minimum absolute atomic E-state index is 0.240. The molecule has 110 valence electrons. The maximum absolute atomic E-state index is 6.01. The molecular formula is C13H21ClN6. The number of rotatable bonds is 7. The summed E-state index contributed by atoms with van der Waals surface area (Å²) < 4.78 is 2.00. The highest BCUT2D eigenvalue weighted by Gasteiger charge is 2.12. The van der Waals surface area contributed by atoms with Crippen molar-refractivity contribution in [3.63, 3.8) is 0 Å². The fourth-order valence-electron chi connectivity index (χ4n) is 1.93. The first-order valence-electron chi connectivity index (χ1n) is 6.94. The number of nitrogens with two attached hydrogens (primary N) is 1. The lowest BCUT2D eigenvalue weighted by atomic mass is 10.2. The van der Waals surface area contributed by atoms with Gasteiger partial charge in [0.2, 0.25) is 5.28 Å². The van der Waals surface area contributed by atoms with Gasteiger partial charge in [-0.2, -0.15) is 9.97 Å². The van der Waals surface area contributed by atoms with E-state index >= 15 is 0 Å². The van der Waals surface area contributed by atoms with Crippen LogP contribution in [0.15, 0.2) is 6.33 Å². The molecule has 7 heteroatoms. The molecule has 2 rings (SSSR count). The Labute approximate surface area is 123 Å². The standard InChI is InChI=1S/C13H21ClN6/c1-9(2)7-16-11-10-12(19-13(14)18-11)20(8-17-10)6-4-3-5-15/h8-9H,3-7,15H2,1-2H3,(H,16,18,19). The summed E-state index contributed by atoms with van der Waals surface area (Å²) in [5.74, 6) is 1.22. The third kappa shape index (κ3) is 3.58. The average molecular weight is 297 g/mol. The smallest absolute Gasteiger partial charge is 0.226 e. The maximum atomic E-state index is 6.01. The van der Waals surface area contributed by atoms with E-state index in [0.29, 0.717) is 18.3 Å². The van der Waals surface area contributed by atoms with Crippen LogP contribution in [-0.2, 0) is 6.54 Å². The molecule has 0 bridgehead atoms. The molecule has 0 saturated carbocycles. The van der Waals surface area contributed by atoms with Gasteiger partial charge in [-0.1, -0.05) is 13.8 Å². The molecule has 0 unspecified atom stereocenters. The number of halogens is 1. The molecule has 3 N–H and O–H groups in total. The van der Waals surface area contributed by atoms with Gasteiger partial charge in [-0.15, -0.1) is 0 Å². The number of fused-ring (bicyclic) bond motifs is 1. The number of nitrogens with one attached hydrogen (secondary N) is 1. The summed E-state index contributed by atoms with van der Waals surface area (Å²) in [5.41, 5.74) is 7.05. The van der Waals surface area contributed by atoms with Crippen LogP contribution in [0.5, 0.6) is 0 Å². The minimum atomic E-state index is 0.240. The summed E-state index contributed by atoms with van der Waals surface area (Å²) in [4.78, 5) is 12.9. The quantitative estimate of drug-likeness (QED) is 0.605. The van der Waals surface area contributed by atoms with E-state index in [1.165, 1.54) is 0 Å². The summed E-state index contributed by atoms with van der Waals surface area (Å²) in [6, 6.07) is 0. The third-order valence-corrected chi connectivity index (χ3v) is 3.14. The van der Waals surface area contributed by atoms with Crippen molar-refractivity contribution in [1.82, 2.24) is 19.5 Å². The van der Waals surface area contributed by atoms with Gasteiger partial charge in [0.05, 0.1) is 6.33 Å². The highest BCUT2D eigenvalue weighted by molar-refractivity contribution is 6.28. The topological polar surface area (TPSA) is 81.7 Å². The molecule has 0 aromatic carbocycles. The molecule has 0 amide bonds. The van der Waals surface area contributed by atoms with Crippen molar-refractivity contribution in [2.45, 2.75) is 33.2 Å². The summed E-state index contributed by atoms with van der Waals surface area (Å²) >= 11 is 6.01. The molecule has 0 aliphatic carbocycles. The van der Waals surface area contributed by atoms with Crippen LogP contribution in [0.25, 0.3) is 11.2 Å². The monoisotopic (exact) mass is 296 g/mol. The molecule has 0 radical (unpaired) electrons. The fourth-order valence-corrected chi connectivity index (χ4v) is 2.10. The lowest BCUT2D eigenvalue weighted by Gasteiger charge is -2.09. The zero-order chi connectivity index (χ0) is 14.5. The fraction of sp³-hybridized carbons (Fsp3) is 0.615. The first-order chi connectivity index (χ1) is 9.61. The lowest BCUT2D eigenvalue weighted by molar-refractivity contribution is 0.623. The minimum Gasteiger partial charge on any atom is -0.368 e.